The van der Waals surface area contributed by atoms with E-state index < -0.39 is 10.0 Å². The predicted octanol–water partition coefficient (Wildman–Crippen LogP) is 0.0374. The van der Waals surface area contributed by atoms with E-state index in [9.17, 15) is 8.42 Å². The molecule has 1 rings (SSSR count). The van der Waals surface area contributed by atoms with Gasteiger partial charge in [0.2, 0.25) is 10.0 Å². The average molecular weight is 262 g/mol. The molecule has 0 fully saturated rings. The monoisotopic (exact) mass is 262 g/mol. The standard InChI is InChI=1S/C9H18N4O3S/c1-7(2)16-5-4-13(3)17(14,15)8-6-11-12-9(8)10/h6-7H,4-5H2,1-3H3,(H3,10,11,12). The number of hydrogen-bond acceptors (Lipinski definition) is 5. The number of ether oxygens (including phenoxy) is 1. The maximum Gasteiger partial charge on any atom is 0.248 e. The Labute approximate surface area is 101 Å². The van der Waals surface area contributed by atoms with Gasteiger partial charge < -0.3 is 10.5 Å². The second-order valence-corrected chi connectivity index (χ2v) is 5.91. The summed E-state index contributed by atoms with van der Waals surface area (Å²) in [6, 6.07) is 0. The number of nitrogens with two attached hydrogens (primary N) is 1. The molecule has 0 aliphatic rings. The number of aromatic nitrogens is 2. The molecule has 0 aromatic carbocycles. The number of rotatable bonds is 6. The molecule has 0 saturated carbocycles. The molecule has 1 heterocycles. The maximum atomic E-state index is 12.0. The van der Waals surface area contributed by atoms with Crippen molar-refractivity contribution >= 4 is 15.8 Å². The van der Waals surface area contributed by atoms with E-state index in [2.05, 4.69) is 10.2 Å². The van der Waals surface area contributed by atoms with Crippen LogP contribution in [0.4, 0.5) is 5.82 Å². The van der Waals surface area contributed by atoms with E-state index >= 15 is 0 Å². The van der Waals surface area contributed by atoms with Gasteiger partial charge in [-0.2, -0.15) is 9.40 Å². The van der Waals surface area contributed by atoms with Gasteiger partial charge in [-0.3, -0.25) is 5.10 Å². The minimum Gasteiger partial charge on any atom is -0.383 e. The third-order valence-corrected chi connectivity index (χ3v) is 4.06. The van der Waals surface area contributed by atoms with E-state index in [0.29, 0.717) is 6.61 Å². The van der Waals surface area contributed by atoms with Crippen LogP contribution >= 0.6 is 0 Å². The number of hydrogen-bond donors (Lipinski definition) is 2. The van der Waals surface area contributed by atoms with Crippen LogP contribution in [0.3, 0.4) is 0 Å². The van der Waals surface area contributed by atoms with Crippen molar-refractivity contribution in [1.82, 2.24) is 14.5 Å². The number of likely N-dealkylation sites (N-methyl/N-ethyl adjacent to an activating group) is 1. The van der Waals surface area contributed by atoms with E-state index in [-0.39, 0.29) is 23.4 Å². The van der Waals surface area contributed by atoms with E-state index in [1.54, 1.807) is 0 Å². The highest BCUT2D eigenvalue weighted by Gasteiger charge is 2.24. The fraction of sp³-hybridized carbons (Fsp3) is 0.667. The van der Waals surface area contributed by atoms with Gasteiger partial charge in [0.1, 0.15) is 10.7 Å². The van der Waals surface area contributed by atoms with Gasteiger partial charge in [0.15, 0.2) is 0 Å². The number of sulfonamides is 1. The van der Waals surface area contributed by atoms with Crippen LogP contribution in [0.5, 0.6) is 0 Å². The lowest BCUT2D eigenvalue weighted by atomic mass is 10.5. The summed E-state index contributed by atoms with van der Waals surface area (Å²) in [7, 11) is -2.11. The van der Waals surface area contributed by atoms with Crippen molar-refractivity contribution < 1.29 is 13.2 Å². The molecule has 0 saturated heterocycles. The Morgan fingerprint density at radius 2 is 2.24 bits per heavy atom. The molecule has 3 N–H and O–H groups in total. The van der Waals surface area contributed by atoms with Crippen molar-refractivity contribution in [2.45, 2.75) is 24.8 Å². The van der Waals surface area contributed by atoms with Gasteiger partial charge in [-0.05, 0) is 13.8 Å². The SMILES string of the molecule is CC(C)OCCN(C)S(=O)(=O)c1cn[nH]c1N. The molecule has 98 valence electrons. The Morgan fingerprint density at radius 3 is 2.71 bits per heavy atom. The number of nitrogens with zero attached hydrogens (tertiary/aromatic N) is 2. The lowest BCUT2D eigenvalue weighted by Crippen LogP contribution is -2.31. The first-order chi connectivity index (χ1) is 7.85. The summed E-state index contributed by atoms with van der Waals surface area (Å²) in [6.45, 7) is 4.39. The normalized spacial score (nSPS) is 12.5. The molecule has 7 nitrogen and oxygen atoms in total. The van der Waals surface area contributed by atoms with Crippen molar-refractivity contribution in [1.29, 1.82) is 0 Å². The summed E-state index contributed by atoms with van der Waals surface area (Å²) >= 11 is 0. The molecule has 17 heavy (non-hydrogen) atoms. The molecular weight excluding hydrogens is 244 g/mol. The Kier molecular flexibility index (Phi) is 4.49. The van der Waals surface area contributed by atoms with Crippen molar-refractivity contribution in [2.75, 3.05) is 25.9 Å². The zero-order valence-electron chi connectivity index (χ0n) is 10.2. The van der Waals surface area contributed by atoms with E-state index in [4.69, 9.17) is 10.5 Å². The number of H-pyrrole nitrogens is 1. The highest BCUT2D eigenvalue weighted by atomic mass is 32.2. The van der Waals surface area contributed by atoms with Crippen molar-refractivity contribution in [3.05, 3.63) is 6.20 Å². The Bertz CT molecular complexity index is 455. The summed E-state index contributed by atoms with van der Waals surface area (Å²) < 4.78 is 30.5. The van der Waals surface area contributed by atoms with Crippen LogP contribution in [-0.4, -0.2) is 49.2 Å². The topological polar surface area (TPSA) is 101 Å². The Hall–Kier alpha value is -1.12. The van der Waals surface area contributed by atoms with Crippen LogP contribution in [0.25, 0.3) is 0 Å². The molecule has 0 amide bonds. The summed E-state index contributed by atoms with van der Waals surface area (Å²) in [5, 5.41) is 5.99. The number of anilines is 1. The molecule has 0 aliphatic heterocycles. The smallest absolute Gasteiger partial charge is 0.248 e. The largest absolute Gasteiger partial charge is 0.383 e. The number of aromatic amines is 1. The van der Waals surface area contributed by atoms with E-state index in [0.717, 1.165) is 0 Å². The lowest BCUT2D eigenvalue weighted by molar-refractivity contribution is 0.0737. The van der Waals surface area contributed by atoms with Gasteiger partial charge in [0, 0.05) is 13.6 Å². The first-order valence-corrected chi connectivity index (χ1v) is 6.66. The molecule has 0 atom stereocenters. The van der Waals surface area contributed by atoms with Crippen molar-refractivity contribution in [3.63, 3.8) is 0 Å². The molecule has 1 aromatic heterocycles. The second kappa shape index (κ2) is 5.48. The van der Waals surface area contributed by atoms with Crippen LogP contribution in [0.1, 0.15) is 13.8 Å². The van der Waals surface area contributed by atoms with E-state index in [1.807, 2.05) is 13.8 Å². The molecule has 0 bridgehead atoms. The molecule has 0 unspecified atom stereocenters. The summed E-state index contributed by atoms with van der Waals surface area (Å²) in [4.78, 5) is -0.00968. The van der Waals surface area contributed by atoms with Crippen LogP contribution in [0.15, 0.2) is 11.1 Å². The van der Waals surface area contributed by atoms with Crippen LogP contribution in [-0.2, 0) is 14.8 Å². The average Bonchev–Trinajstić information content (AvgIpc) is 2.64. The van der Waals surface area contributed by atoms with Gasteiger partial charge >= 0.3 is 0 Å². The maximum absolute atomic E-state index is 12.0. The number of nitrogens with one attached hydrogen (secondary N) is 1. The Balaban J connectivity index is 2.68. The third-order valence-electron chi connectivity index (χ3n) is 2.18. The third kappa shape index (κ3) is 3.42. The summed E-state index contributed by atoms with van der Waals surface area (Å²) in [6.07, 6.45) is 1.27. The van der Waals surface area contributed by atoms with Crippen LogP contribution in [0, 0.1) is 0 Å². The Morgan fingerprint density at radius 1 is 1.59 bits per heavy atom. The van der Waals surface area contributed by atoms with Gasteiger partial charge in [0.05, 0.1) is 18.9 Å². The molecule has 8 heteroatoms. The van der Waals surface area contributed by atoms with Gasteiger partial charge in [-0.25, -0.2) is 8.42 Å². The molecule has 1 aromatic rings. The number of nitrogen functional groups attached to an aromatic ring is 1. The highest BCUT2D eigenvalue weighted by molar-refractivity contribution is 7.89. The summed E-state index contributed by atoms with van der Waals surface area (Å²) in [5.41, 5.74) is 5.49. The molecule has 0 spiro atoms. The first-order valence-electron chi connectivity index (χ1n) is 5.22. The second-order valence-electron chi connectivity index (χ2n) is 3.89. The fourth-order valence-corrected chi connectivity index (χ4v) is 2.36. The van der Waals surface area contributed by atoms with Crippen LogP contribution in [0.2, 0.25) is 0 Å². The minimum atomic E-state index is -3.59. The lowest BCUT2D eigenvalue weighted by Gasteiger charge is -2.17. The zero-order valence-corrected chi connectivity index (χ0v) is 11.0. The van der Waals surface area contributed by atoms with Crippen molar-refractivity contribution in [3.8, 4) is 0 Å². The highest BCUT2D eigenvalue weighted by Crippen LogP contribution is 2.18. The van der Waals surface area contributed by atoms with Gasteiger partial charge in [0.25, 0.3) is 0 Å². The van der Waals surface area contributed by atoms with Crippen molar-refractivity contribution in [2.24, 2.45) is 0 Å². The molecular formula is C9H18N4O3S. The quantitative estimate of drug-likeness (QED) is 0.753. The summed E-state index contributed by atoms with van der Waals surface area (Å²) in [5.74, 6) is 0.0432. The van der Waals surface area contributed by atoms with Crippen LogP contribution < -0.4 is 5.73 Å². The first kappa shape index (κ1) is 13.9. The zero-order chi connectivity index (χ0) is 13.1. The molecule has 0 radical (unpaired) electrons. The van der Waals surface area contributed by atoms with Gasteiger partial charge in [-0.1, -0.05) is 0 Å². The molecule has 0 aliphatic carbocycles. The van der Waals surface area contributed by atoms with E-state index in [1.165, 1.54) is 17.5 Å². The van der Waals surface area contributed by atoms with Gasteiger partial charge in [-0.15, -0.1) is 0 Å². The fourth-order valence-electron chi connectivity index (χ4n) is 1.20. The predicted molar refractivity (Wildman–Crippen MR) is 63.9 cm³/mol. The minimum absolute atomic E-state index is 0.00968.